The fraction of sp³-hybridized carbons (Fsp3) is 0.875. The summed E-state index contributed by atoms with van der Waals surface area (Å²) in [5, 5.41) is 13.5. The fourth-order valence-corrected chi connectivity index (χ4v) is 0.219. The molecule has 76 valence electrons. The minimum absolute atomic E-state index is 0.337. The summed E-state index contributed by atoms with van der Waals surface area (Å²) >= 11 is 0. The van der Waals surface area contributed by atoms with Crippen LogP contribution in [0.3, 0.4) is 0 Å². The average molecular weight is 178 g/mol. The smallest absolute Gasteiger partial charge is 0.207 e. The third-order valence-electron chi connectivity index (χ3n) is 0.497. The van der Waals surface area contributed by atoms with Crippen LogP contribution in [0, 0.1) is 0 Å². The molecule has 3 N–H and O–H groups in total. The van der Waals surface area contributed by atoms with E-state index in [1.165, 1.54) is 0 Å². The highest BCUT2D eigenvalue weighted by atomic mass is 16.3. The molecule has 0 aromatic heterocycles. The second-order valence-corrected chi connectivity index (χ2v) is 1.88. The van der Waals surface area contributed by atoms with E-state index in [-0.39, 0.29) is 0 Å². The summed E-state index contributed by atoms with van der Waals surface area (Å²) in [6.07, 6.45) is 0.123. The third-order valence-corrected chi connectivity index (χ3v) is 0.497. The van der Waals surface area contributed by atoms with Crippen LogP contribution in [0.1, 0.15) is 20.8 Å². The first-order chi connectivity index (χ1) is 5.68. The van der Waals surface area contributed by atoms with E-state index in [2.05, 4.69) is 10.6 Å². The molecule has 12 heavy (non-hydrogen) atoms. The zero-order chi connectivity index (χ0) is 10.4. The molecule has 1 unspecified atom stereocenters. The van der Waals surface area contributed by atoms with Gasteiger partial charge in [-0.25, -0.2) is 0 Å². The molecule has 0 aliphatic heterocycles. The topological polar surface area (TPSA) is 61.4 Å². The number of aliphatic hydroxyl groups is 1. The standard InChI is InChI=1S/C4H9NO2.C2H7N.C2H6/c1-4(7)2-5-3-6;1-3-2;1-2/h3-4,7H,2H2,1H3,(H,5,6);3H,1-2H3;1-2H3. The average Bonchev–Trinajstić information content (AvgIpc) is 2.06. The van der Waals surface area contributed by atoms with Gasteiger partial charge in [0.25, 0.3) is 0 Å². The Morgan fingerprint density at radius 3 is 1.83 bits per heavy atom. The van der Waals surface area contributed by atoms with Gasteiger partial charge in [-0.1, -0.05) is 13.8 Å². The molecule has 0 saturated carbocycles. The molecule has 0 spiro atoms. The maximum absolute atomic E-state index is 9.49. The van der Waals surface area contributed by atoms with Gasteiger partial charge >= 0.3 is 0 Å². The molecule has 0 saturated heterocycles. The van der Waals surface area contributed by atoms with Gasteiger partial charge in [-0.3, -0.25) is 4.79 Å². The lowest BCUT2D eigenvalue weighted by Crippen LogP contribution is -2.22. The van der Waals surface area contributed by atoms with E-state index in [4.69, 9.17) is 5.11 Å². The SMILES string of the molecule is CC.CC(O)CNC=O.CNC. The van der Waals surface area contributed by atoms with Crippen LogP contribution in [0.2, 0.25) is 0 Å². The number of hydrogen-bond acceptors (Lipinski definition) is 3. The lowest BCUT2D eigenvalue weighted by atomic mass is 10.4. The van der Waals surface area contributed by atoms with Gasteiger partial charge in [0.15, 0.2) is 0 Å². The summed E-state index contributed by atoms with van der Waals surface area (Å²) in [7, 11) is 3.75. The fourth-order valence-electron chi connectivity index (χ4n) is 0.219. The van der Waals surface area contributed by atoms with E-state index in [0.717, 1.165) is 0 Å². The number of aliphatic hydroxyl groups excluding tert-OH is 1. The molecule has 0 bridgehead atoms. The van der Waals surface area contributed by atoms with E-state index in [0.29, 0.717) is 13.0 Å². The van der Waals surface area contributed by atoms with E-state index < -0.39 is 6.10 Å². The lowest BCUT2D eigenvalue weighted by molar-refractivity contribution is -0.109. The number of carbonyl (C=O) groups excluding carboxylic acids is 1. The summed E-state index contributed by atoms with van der Waals surface area (Å²) in [5.74, 6) is 0. The summed E-state index contributed by atoms with van der Waals surface area (Å²) in [4.78, 5) is 9.49. The summed E-state index contributed by atoms with van der Waals surface area (Å²) in [5.41, 5.74) is 0. The predicted octanol–water partition coefficient (Wildman–Crippen LogP) is -0.0250. The van der Waals surface area contributed by atoms with Crippen LogP contribution in [-0.4, -0.2) is 38.3 Å². The molecule has 0 aliphatic rings. The maximum atomic E-state index is 9.49. The normalized spacial score (nSPS) is 9.50. The van der Waals surface area contributed by atoms with Gasteiger partial charge in [-0.15, -0.1) is 0 Å². The molecule has 0 aromatic carbocycles. The van der Waals surface area contributed by atoms with Crippen LogP contribution in [0.4, 0.5) is 0 Å². The highest BCUT2D eigenvalue weighted by Gasteiger charge is 1.88. The quantitative estimate of drug-likeness (QED) is 0.532. The van der Waals surface area contributed by atoms with Gasteiger partial charge in [0.1, 0.15) is 0 Å². The Morgan fingerprint density at radius 1 is 1.42 bits per heavy atom. The Morgan fingerprint density at radius 2 is 1.75 bits per heavy atom. The van der Waals surface area contributed by atoms with Gasteiger partial charge in [0, 0.05) is 6.54 Å². The third kappa shape index (κ3) is 57.5. The largest absolute Gasteiger partial charge is 0.392 e. The molecule has 1 atom stereocenters. The Kier molecular flexibility index (Phi) is 32.7. The van der Waals surface area contributed by atoms with E-state index in [1.807, 2.05) is 27.9 Å². The van der Waals surface area contributed by atoms with Gasteiger partial charge in [-0.2, -0.15) is 0 Å². The van der Waals surface area contributed by atoms with Crippen molar-refractivity contribution in [1.29, 1.82) is 0 Å². The summed E-state index contributed by atoms with van der Waals surface area (Å²) < 4.78 is 0. The van der Waals surface area contributed by atoms with Crippen LogP contribution >= 0.6 is 0 Å². The molecule has 0 aliphatic carbocycles. The molecular weight excluding hydrogens is 156 g/mol. The van der Waals surface area contributed by atoms with Crippen molar-refractivity contribution in [2.75, 3.05) is 20.6 Å². The second-order valence-electron chi connectivity index (χ2n) is 1.88. The first-order valence-electron chi connectivity index (χ1n) is 4.12. The van der Waals surface area contributed by atoms with Crippen LogP contribution in [0.5, 0.6) is 0 Å². The molecule has 0 aromatic rings. The highest BCUT2D eigenvalue weighted by Crippen LogP contribution is 1.69. The van der Waals surface area contributed by atoms with Gasteiger partial charge in [0.05, 0.1) is 6.10 Å². The maximum Gasteiger partial charge on any atom is 0.207 e. The molecule has 0 radical (unpaired) electrons. The second kappa shape index (κ2) is 22.4. The molecular formula is C8H22N2O2. The summed E-state index contributed by atoms with van der Waals surface area (Å²) in [6, 6.07) is 0. The van der Waals surface area contributed by atoms with E-state index >= 15 is 0 Å². The van der Waals surface area contributed by atoms with Crippen molar-refractivity contribution in [2.24, 2.45) is 0 Å². The highest BCUT2D eigenvalue weighted by molar-refractivity contribution is 5.45. The first-order valence-corrected chi connectivity index (χ1v) is 4.12. The zero-order valence-electron chi connectivity index (χ0n) is 8.72. The summed E-state index contributed by atoms with van der Waals surface area (Å²) in [6.45, 7) is 5.94. The number of hydrogen-bond donors (Lipinski definition) is 3. The van der Waals surface area contributed by atoms with Crippen LogP contribution in [0.15, 0.2) is 0 Å². The number of nitrogens with one attached hydrogen (secondary N) is 2. The van der Waals surface area contributed by atoms with Crippen LogP contribution in [0.25, 0.3) is 0 Å². The molecule has 4 nitrogen and oxygen atoms in total. The van der Waals surface area contributed by atoms with Crippen molar-refractivity contribution in [3.05, 3.63) is 0 Å². The zero-order valence-corrected chi connectivity index (χ0v) is 8.72. The Labute approximate surface area is 75.4 Å². The van der Waals surface area contributed by atoms with Crippen molar-refractivity contribution in [3.63, 3.8) is 0 Å². The van der Waals surface area contributed by atoms with Crippen molar-refractivity contribution in [2.45, 2.75) is 26.9 Å². The van der Waals surface area contributed by atoms with Gasteiger partial charge in [0.2, 0.25) is 6.41 Å². The van der Waals surface area contributed by atoms with Crippen molar-refractivity contribution >= 4 is 6.41 Å². The molecule has 0 fully saturated rings. The van der Waals surface area contributed by atoms with Gasteiger partial charge < -0.3 is 15.7 Å². The number of amides is 1. The van der Waals surface area contributed by atoms with Crippen molar-refractivity contribution in [3.8, 4) is 0 Å². The molecule has 1 amide bonds. The van der Waals surface area contributed by atoms with Crippen LogP contribution in [-0.2, 0) is 4.79 Å². The van der Waals surface area contributed by atoms with Gasteiger partial charge in [-0.05, 0) is 21.0 Å². The Balaban J connectivity index is -0.000000137. The Bertz CT molecular complexity index is 68.1. The minimum Gasteiger partial charge on any atom is -0.392 e. The monoisotopic (exact) mass is 178 g/mol. The number of carbonyl (C=O) groups is 1. The first kappa shape index (κ1) is 17.5. The number of rotatable bonds is 3. The minimum atomic E-state index is -0.440. The molecule has 0 heterocycles. The van der Waals surface area contributed by atoms with Crippen molar-refractivity contribution in [1.82, 2.24) is 10.6 Å². The molecule has 4 heteroatoms. The predicted molar refractivity (Wildman–Crippen MR) is 52.1 cm³/mol. The lowest BCUT2D eigenvalue weighted by Gasteiger charge is -1.98. The van der Waals surface area contributed by atoms with Crippen molar-refractivity contribution < 1.29 is 9.90 Å². The van der Waals surface area contributed by atoms with Crippen LogP contribution < -0.4 is 10.6 Å². The molecule has 0 rings (SSSR count). The van der Waals surface area contributed by atoms with E-state index in [1.54, 1.807) is 6.92 Å². The Hall–Kier alpha value is -0.610. The van der Waals surface area contributed by atoms with E-state index in [9.17, 15) is 4.79 Å².